The molecule has 108 valence electrons. The van der Waals surface area contributed by atoms with Crippen LogP contribution in [0.3, 0.4) is 0 Å². The van der Waals surface area contributed by atoms with Crippen molar-refractivity contribution >= 4 is 28.2 Å². The smallest absolute Gasteiger partial charge is 0.265 e. The quantitative estimate of drug-likeness (QED) is 0.758. The van der Waals surface area contributed by atoms with Crippen molar-refractivity contribution in [1.82, 2.24) is 10.3 Å². The predicted molar refractivity (Wildman–Crippen MR) is 80.0 cm³/mol. The van der Waals surface area contributed by atoms with Gasteiger partial charge in [-0.15, -0.1) is 0 Å². The summed E-state index contributed by atoms with van der Waals surface area (Å²) in [6.45, 7) is 4.62. The SMILES string of the molecule is CCNc1nc(N)c(C(=O)NC(C)Cc2ccco2)s1. The van der Waals surface area contributed by atoms with Crippen LogP contribution in [0.25, 0.3) is 0 Å². The van der Waals surface area contributed by atoms with Gasteiger partial charge in [-0.3, -0.25) is 4.79 Å². The van der Waals surface area contributed by atoms with Crippen LogP contribution in [0.1, 0.15) is 29.3 Å². The van der Waals surface area contributed by atoms with Gasteiger partial charge in [-0.05, 0) is 26.0 Å². The van der Waals surface area contributed by atoms with E-state index in [0.717, 1.165) is 12.3 Å². The average molecular weight is 294 g/mol. The van der Waals surface area contributed by atoms with E-state index < -0.39 is 0 Å². The first-order valence-electron chi connectivity index (χ1n) is 6.43. The zero-order chi connectivity index (χ0) is 14.5. The first-order valence-corrected chi connectivity index (χ1v) is 7.25. The number of amides is 1. The molecule has 0 saturated carbocycles. The maximum absolute atomic E-state index is 12.1. The highest BCUT2D eigenvalue weighted by molar-refractivity contribution is 7.18. The minimum absolute atomic E-state index is 0.0438. The molecular formula is C13H18N4O2S. The summed E-state index contributed by atoms with van der Waals surface area (Å²) < 4.78 is 5.26. The van der Waals surface area contributed by atoms with E-state index in [0.29, 0.717) is 16.4 Å². The van der Waals surface area contributed by atoms with E-state index in [1.54, 1.807) is 6.26 Å². The van der Waals surface area contributed by atoms with Gasteiger partial charge in [0.1, 0.15) is 16.5 Å². The van der Waals surface area contributed by atoms with Gasteiger partial charge in [-0.2, -0.15) is 0 Å². The number of furan rings is 1. The number of nitrogens with zero attached hydrogens (tertiary/aromatic N) is 1. The largest absolute Gasteiger partial charge is 0.469 e. The summed E-state index contributed by atoms with van der Waals surface area (Å²) in [7, 11) is 0. The topological polar surface area (TPSA) is 93.2 Å². The van der Waals surface area contributed by atoms with Gasteiger partial charge in [0.2, 0.25) is 0 Å². The zero-order valence-electron chi connectivity index (χ0n) is 11.5. The van der Waals surface area contributed by atoms with E-state index in [9.17, 15) is 4.79 Å². The van der Waals surface area contributed by atoms with E-state index in [1.165, 1.54) is 11.3 Å². The normalized spacial score (nSPS) is 12.1. The van der Waals surface area contributed by atoms with Crippen LogP contribution >= 0.6 is 11.3 Å². The molecule has 7 heteroatoms. The Labute approximate surface area is 121 Å². The highest BCUT2D eigenvalue weighted by Gasteiger charge is 2.18. The minimum atomic E-state index is -0.205. The van der Waals surface area contributed by atoms with Crippen LogP contribution < -0.4 is 16.4 Å². The molecule has 2 aromatic heterocycles. The fourth-order valence-electron chi connectivity index (χ4n) is 1.79. The van der Waals surface area contributed by atoms with E-state index >= 15 is 0 Å². The Morgan fingerprint density at radius 2 is 2.40 bits per heavy atom. The first kappa shape index (κ1) is 14.4. The van der Waals surface area contributed by atoms with Crippen LogP contribution in [0.5, 0.6) is 0 Å². The monoisotopic (exact) mass is 294 g/mol. The molecule has 2 rings (SSSR count). The third-order valence-corrected chi connectivity index (χ3v) is 3.68. The Morgan fingerprint density at radius 1 is 1.60 bits per heavy atom. The molecule has 1 atom stereocenters. The van der Waals surface area contributed by atoms with Gasteiger partial charge in [0, 0.05) is 19.0 Å². The van der Waals surface area contributed by atoms with Crippen molar-refractivity contribution in [3.05, 3.63) is 29.0 Å². The number of carbonyl (C=O) groups excluding carboxylic acids is 1. The van der Waals surface area contributed by atoms with E-state index in [4.69, 9.17) is 10.2 Å². The van der Waals surface area contributed by atoms with Crippen molar-refractivity contribution in [2.75, 3.05) is 17.6 Å². The van der Waals surface area contributed by atoms with E-state index in [2.05, 4.69) is 15.6 Å². The van der Waals surface area contributed by atoms with Gasteiger partial charge in [0.05, 0.1) is 6.26 Å². The second-order valence-electron chi connectivity index (χ2n) is 4.42. The number of rotatable bonds is 6. The molecular weight excluding hydrogens is 276 g/mol. The number of carbonyl (C=O) groups is 1. The van der Waals surface area contributed by atoms with Crippen LogP contribution in [-0.2, 0) is 6.42 Å². The number of nitrogens with one attached hydrogen (secondary N) is 2. The maximum atomic E-state index is 12.1. The summed E-state index contributed by atoms with van der Waals surface area (Å²) in [5.41, 5.74) is 5.76. The van der Waals surface area contributed by atoms with Gasteiger partial charge in [-0.25, -0.2) is 4.98 Å². The Morgan fingerprint density at radius 3 is 3.05 bits per heavy atom. The number of nitrogen functional groups attached to an aromatic ring is 1. The molecule has 0 aliphatic rings. The molecule has 0 spiro atoms. The lowest BCUT2D eigenvalue weighted by atomic mass is 10.2. The lowest BCUT2D eigenvalue weighted by molar-refractivity contribution is 0.0944. The third-order valence-electron chi connectivity index (χ3n) is 2.65. The Balaban J connectivity index is 1.97. The van der Waals surface area contributed by atoms with Crippen molar-refractivity contribution in [3.63, 3.8) is 0 Å². The minimum Gasteiger partial charge on any atom is -0.469 e. The highest BCUT2D eigenvalue weighted by Crippen LogP contribution is 2.24. The van der Waals surface area contributed by atoms with Crippen molar-refractivity contribution in [3.8, 4) is 0 Å². The maximum Gasteiger partial charge on any atom is 0.265 e. The number of aromatic nitrogens is 1. The lowest BCUT2D eigenvalue weighted by Crippen LogP contribution is -2.33. The molecule has 0 aliphatic heterocycles. The highest BCUT2D eigenvalue weighted by atomic mass is 32.1. The van der Waals surface area contributed by atoms with Crippen molar-refractivity contribution in [2.24, 2.45) is 0 Å². The summed E-state index contributed by atoms with van der Waals surface area (Å²) in [5.74, 6) is 0.889. The Kier molecular flexibility index (Phi) is 4.62. The zero-order valence-corrected chi connectivity index (χ0v) is 12.3. The fraction of sp³-hybridized carbons (Fsp3) is 0.385. The van der Waals surface area contributed by atoms with Gasteiger partial charge >= 0.3 is 0 Å². The molecule has 0 aromatic carbocycles. The molecule has 0 fully saturated rings. The molecule has 4 N–H and O–H groups in total. The van der Waals surface area contributed by atoms with Gasteiger partial charge in [0.25, 0.3) is 5.91 Å². The molecule has 2 aromatic rings. The van der Waals surface area contributed by atoms with Crippen molar-refractivity contribution in [2.45, 2.75) is 26.3 Å². The lowest BCUT2D eigenvalue weighted by Gasteiger charge is -2.11. The van der Waals surface area contributed by atoms with E-state index in [-0.39, 0.29) is 17.8 Å². The number of anilines is 2. The summed E-state index contributed by atoms with van der Waals surface area (Å²) in [6.07, 6.45) is 2.26. The van der Waals surface area contributed by atoms with Crippen molar-refractivity contribution < 1.29 is 9.21 Å². The summed E-state index contributed by atoms with van der Waals surface area (Å²) in [6, 6.07) is 3.67. The van der Waals surface area contributed by atoms with Crippen molar-refractivity contribution in [1.29, 1.82) is 0 Å². The summed E-state index contributed by atoms with van der Waals surface area (Å²) in [4.78, 5) is 16.7. The van der Waals surface area contributed by atoms with Gasteiger partial charge < -0.3 is 20.8 Å². The Bertz CT molecular complexity index is 565. The predicted octanol–water partition coefficient (Wildman–Crippen LogP) is 2.11. The molecule has 2 heterocycles. The molecule has 0 saturated heterocycles. The van der Waals surface area contributed by atoms with Gasteiger partial charge in [0.15, 0.2) is 5.13 Å². The van der Waals surface area contributed by atoms with Crippen LogP contribution in [-0.4, -0.2) is 23.5 Å². The molecule has 0 radical (unpaired) electrons. The third kappa shape index (κ3) is 3.51. The second-order valence-corrected chi connectivity index (χ2v) is 5.42. The molecule has 1 unspecified atom stereocenters. The second kappa shape index (κ2) is 6.42. The first-order chi connectivity index (χ1) is 9.60. The standard InChI is InChI=1S/C13H18N4O2S/c1-3-15-13-17-11(14)10(20-13)12(18)16-8(2)7-9-5-4-6-19-9/h4-6,8H,3,7,14H2,1-2H3,(H,15,17)(H,16,18). The van der Waals surface area contributed by atoms with Gasteiger partial charge in [-0.1, -0.05) is 11.3 Å². The molecule has 0 bridgehead atoms. The molecule has 6 nitrogen and oxygen atoms in total. The molecule has 1 amide bonds. The van der Waals surface area contributed by atoms with Crippen LogP contribution in [0.4, 0.5) is 10.9 Å². The molecule has 20 heavy (non-hydrogen) atoms. The van der Waals surface area contributed by atoms with E-state index in [1.807, 2.05) is 26.0 Å². The van der Waals surface area contributed by atoms with Crippen LogP contribution in [0.2, 0.25) is 0 Å². The Hall–Kier alpha value is -2.02. The summed E-state index contributed by atoms with van der Waals surface area (Å²) >= 11 is 1.26. The molecule has 0 aliphatic carbocycles. The fourth-order valence-corrected chi connectivity index (χ4v) is 2.65. The summed E-state index contributed by atoms with van der Waals surface area (Å²) in [5, 5.41) is 6.60. The average Bonchev–Trinajstić information content (AvgIpc) is 2.99. The number of nitrogens with two attached hydrogens (primary N) is 1. The number of hydrogen-bond donors (Lipinski definition) is 3. The van der Waals surface area contributed by atoms with Crippen LogP contribution in [0, 0.1) is 0 Å². The number of hydrogen-bond acceptors (Lipinski definition) is 6. The number of thiazole rings is 1. The van der Waals surface area contributed by atoms with Crippen LogP contribution in [0.15, 0.2) is 22.8 Å².